The minimum atomic E-state index is 0.316. The first kappa shape index (κ1) is 20.7. The summed E-state index contributed by atoms with van der Waals surface area (Å²) in [5.41, 5.74) is 2.27. The van der Waals surface area contributed by atoms with Crippen LogP contribution in [0.3, 0.4) is 0 Å². The fraction of sp³-hybridized carbons (Fsp3) is 0.240. The smallest absolute Gasteiger partial charge is 0.222 e. The lowest BCUT2D eigenvalue weighted by atomic mass is 10.1. The number of aromatic nitrogens is 4. The second-order valence-electron chi connectivity index (χ2n) is 7.81. The second-order valence-corrected chi connectivity index (χ2v) is 8.25. The third-order valence-electron chi connectivity index (χ3n) is 5.46. The Bertz CT molecular complexity index is 1170. The van der Waals surface area contributed by atoms with Gasteiger partial charge in [0, 0.05) is 49.1 Å². The quantitative estimate of drug-likeness (QED) is 0.377. The van der Waals surface area contributed by atoms with Crippen molar-refractivity contribution in [3.63, 3.8) is 0 Å². The van der Waals surface area contributed by atoms with E-state index in [0.717, 1.165) is 43.1 Å². The average Bonchev–Trinajstić information content (AvgIpc) is 3.21. The molecule has 162 valence electrons. The molecule has 1 aliphatic rings. The van der Waals surface area contributed by atoms with E-state index < -0.39 is 0 Å². The lowest BCUT2D eigenvalue weighted by molar-refractivity contribution is -0.0595. The number of rotatable bonds is 8. The summed E-state index contributed by atoms with van der Waals surface area (Å²) in [6.07, 6.45) is 8.40. The van der Waals surface area contributed by atoms with E-state index >= 15 is 0 Å². The molecule has 1 fully saturated rings. The maximum atomic E-state index is 5.96. The highest BCUT2D eigenvalue weighted by molar-refractivity contribution is 6.30. The third-order valence-corrected chi connectivity index (χ3v) is 5.71. The first-order valence-corrected chi connectivity index (χ1v) is 11.0. The van der Waals surface area contributed by atoms with Crippen LogP contribution < -0.4 is 4.74 Å². The number of benzene rings is 2. The van der Waals surface area contributed by atoms with Gasteiger partial charge in [0.1, 0.15) is 17.4 Å². The largest absolute Gasteiger partial charge is 0.439 e. The molecular weight excluding hydrogens is 424 g/mol. The van der Waals surface area contributed by atoms with Crippen molar-refractivity contribution in [2.75, 3.05) is 6.61 Å². The normalized spacial score (nSPS) is 15.3. The van der Waals surface area contributed by atoms with Crippen molar-refractivity contribution < 1.29 is 9.47 Å². The molecule has 5 rings (SSSR count). The van der Waals surface area contributed by atoms with E-state index in [0.29, 0.717) is 29.3 Å². The predicted octanol–water partition coefficient (Wildman–Crippen LogP) is 5.09. The molecule has 1 saturated heterocycles. The number of nitrogens with zero attached hydrogens (tertiary/aromatic N) is 4. The molecule has 0 bridgehead atoms. The van der Waals surface area contributed by atoms with E-state index in [1.807, 2.05) is 48.8 Å². The lowest BCUT2D eigenvalue weighted by Crippen LogP contribution is -2.31. The fourth-order valence-corrected chi connectivity index (χ4v) is 3.73. The minimum absolute atomic E-state index is 0.316. The maximum absolute atomic E-state index is 5.96. The van der Waals surface area contributed by atoms with E-state index in [1.165, 1.54) is 5.56 Å². The van der Waals surface area contributed by atoms with Crippen LogP contribution in [0.2, 0.25) is 5.02 Å². The Hall–Kier alpha value is -3.22. The molecule has 1 atom stereocenters. The van der Waals surface area contributed by atoms with Crippen LogP contribution >= 0.6 is 11.6 Å². The summed E-state index contributed by atoms with van der Waals surface area (Å²) in [5.74, 6) is 2.99. The molecule has 0 spiro atoms. The van der Waals surface area contributed by atoms with Gasteiger partial charge >= 0.3 is 0 Å². The van der Waals surface area contributed by atoms with Gasteiger partial charge in [0.05, 0.1) is 12.6 Å². The van der Waals surface area contributed by atoms with Crippen molar-refractivity contribution in [3.8, 4) is 11.6 Å². The first-order chi connectivity index (χ1) is 15.7. The van der Waals surface area contributed by atoms with E-state index in [4.69, 9.17) is 21.1 Å². The van der Waals surface area contributed by atoms with Gasteiger partial charge in [0.15, 0.2) is 0 Å². The Balaban J connectivity index is 1.21. The van der Waals surface area contributed by atoms with Gasteiger partial charge < -0.3 is 14.0 Å². The summed E-state index contributed by atoms with van der Waals surface area (Å²) in [7, 11) is 0. The van der Waals surface area contributed by atoms with Gasteiger partial charge in [-0.25, -0.2) is 9.97 Å². The number of halogens is 1. The van der Waals surface area contributed by atoms with Crippen LogP contribution in [0, 0.1) is 0 Å². The van der Waals surface area contributed by atoms with E-state index in [9.17, 15) is 0 Å². The van der Waals surface area contributed by atoms with Crippen LogP contribution in [-0.4, -0.2) is 32.2 Å². The van der Waals surface area contributed by atoms with Crippen molar-refractivity contribution in [2.45, 2.75) is 31.9 Å². The summed E-state index contributed by atoms with van der Waals surface area (Å²) in [6.45, 7) is 1.73. The monoisotopic (exact) mass is 446 g/mol. The Morgan fingerprint density at radius 3 is 2.44 bits per heavy atom. The topological polar surface area (TPSA) is 62.1 Å². The minimum Gasteiger partial charge on any atom is -0.439 e. The Kier molecular flexibility index (Phi) is 6.14. The molecule has 2 aromatic heterocycles. The van der Waals surface area contributed by atoms with Gasteiger partial charge in [0.25, 0.3) is 0 Å². The van der Waals surface area contributed by atoms with Gasteiger partial charge in [-0.2, -0.15) is 4.98 Å². The summed E-state index contributed by atoms with van der Waals surface area (Å²) in [4.78, 5) is 13.4. The SMILES string of the molecule is Clc1ccc(Cc2nccc(Oc3ccc(Cc4nccn4C[C@@H]4CCO4)cc3)n2)cc1. The summed E-state index contributed by atoms with van der Waals surface area (Å²) in [5, 5.41) is 0.714. The molecule has 0 unspecified atom stereocenters. The van der Waals surface area contributed by atoms with Gasteiger partial charge in [0.2, 0.25) is 5.88 Å². The van der Waals surface area contributed by atoms with Crippen LogP contribution in [0.1, 0.15) is 29.2 Å². The molecular formula is C25H23ClN4O2. The Labute approximate surface area is 191 Å². The van der Waals surface area contributed by atoms with Crippen LogP contribution in [0.15, 0.2) is 73.2 Å². The molecule has 2 aromatic carbocycles. The van der Waals surface area contributed by atoms with Gasteiger partial charge in [-0.05, 0) is 41.8 Å². The first-order valence-electron chi connectivity index (χ1n) is 10.7. The molecule has 0 radical (unpaired) electrons. The van der Waals surface area contributed by atoms with Crippen LogP contribution in [0.4, 0.5) is 0 Å². The van der Waals surface area contributed by atoms with Crippen molar-refractivity contribution in [1.82, 2.24) is 19.5 Å². The summed E-state index contributed by atoms with van der Waals surface area (Å²) >= 11 is 5.96. The van der Waals surface area contributed by atoms with E-state index in [-0.39, 0.29) is 0 Å². The summed E-state index contributed by atoms with van der Waals surface area (Å²) in [6, 6.07) is 17.5. The van der Waals surface area contributed by atoms with Crippen LogP contribution in [0.25, 0.3) is 0 Å². The van der Waals surface area contributed by atoms with Gasteiger partial charge in [-0.3, -0.25) is 0 Å². The van der Waals surface area contributed by atoms with E-state index in [1.54, 1.807) is 12.3 Å². The zero-order valence-electron chi connectivity index (χ0n) is 17.5. The fourth-order valence-electron chi connectivity index (χ4n) is 3.61. The van der Waals surface area contributed by atoms with Gasteiger partial charge in [-0.15, -0.1) is 0 Å². The van der Waals surface area contributed by atoms with Gasteiger partial charge in [-0.1, -0.05) is 35.9 Å². The highest BCUT2D eigenvalue weighted by Crippen LogP contribution is 2.22. The number of imidazole rings is 1. The van der Waals surface area contributed by atoms with Crippen LogP contribution in [0.5, 0.6) is 11.6 Å². The van der Waals surface area contributed by atoms with Crippen LogP contribution in [-0.2, 0) is 24.1 Å². The van der Waals surface area contributed by atoms with Crippen molar-refractivity contribution in [2.24, 2.45) is 0 Å². The highest BCUT2D eigenvalue weighted by Gasteiger charge is 2.19. The second kappa shape index (κ2) is 9.51. The number of hydrogen-bond donors (Lipinski definition) is 0. The lowest BCUT2D eigenvalue weighted by Gasteiger charge is -2.27. The molecule has 0 N–H and O–H groups in total. The van der Waals surface area contributed by atoms with Crippen molar-refractivity contribution >= 4 is 11.6 Å². The molecule has 7 heteroatoms. The number of ether oxygens (including phenoxy) is 2. The highest BCUT2D eigenvalue weighted by atomic mass is 35.5. The predicted molar refractivity (Wildman–Crippen MR) is 122 cm³/mol. The van der Waals surface area contributed by atoms with E-state index in [2.05, 4.69) is 31.7 Å². The zero-order chi connectivity index (χ0) is 21.8. The molecule has 0 aliphatic carbocycles. The standard InChI is InChI=1S/C25H23ClN4O2/c26-20-5-1-18(2-6-20)15-23-27-11-9-25(29-23)32-21-7-3-19(4-8-21)16-24-28-12-13-30(24)17-22-10-14-31-22/h1-9,11-13,22H,10,14-17H2/t22-/m0/s1. The Morgan fingerprint density at radius 2 is 1.69 bits per heavy atom. The molecule has 0 amide bonds. The molecule has 4 aromatic rings. The molecule has 3 heterocycles. The van der Waals surface area contributed by atoms with Crippen molar-refractivity contribution in [3.05, 3.63) is 101 Å². The number of hydrogen-bond acceptors (Lipinski definition) is 5. The maximum Gasteiger partial charge on any atom is 0.222 e. The molecule has 32 heavy (non-hydrogen) atoms. The molecule has 6 nitrogen and oxygen atoms in total. The summed E-state index contributed by atoms with van der Waals surface area (Å²) < 4.78 is 13.7. The molecule has 1 aliphatic heterocycles. The zero-order valence-corrected chi connectivity index (χ0v) is 18.3. The molecule has 0 saturated carbocycles. The average molecular weight is 447 g/mol. The Morgan fingerprint density at radius 1 is 0.938 bits per heavy atom. The third kappa shape index (κ3) is 5.15. The van der Waals surface area contributed by atoms with Crippen molar-refractivity contribution in [1.29, 1.82) is 0 Å².